The van der Waals surface area contributed by atoms with E-state index in [0.29, 0.717) is 5.92 Å². The van der Waals surface area contributed by atoms with Gasteiger partial charge in [-0.05, 0) is 31.2 Å². The summed E-state index contributed by atoms with van der Waals surface area (Å²) in [5, 5.41) is 8.81. The number of hydrogen-bond acceptors (Lipinski definition) is 3. The lowest BCUT2D eigenvalue weighted by molar-refractivity contribution is 0.0691. The maximum atomic E-state index is 13.6. The molecule has 2 rings (SSSR count). The minimum Gasteiger partial charge on any atom is -0.488 e. The SMILES string of the molecule is CC1CCCCC1Oc1cc(F)c(C(=O)O)cc1N. The molecule has 104 valence electrons. The molecule has 0 bridgehead atoms. The molecular weight excluding hydrogens is 249 g/mol. The molecule has 1 aliphatic rings. The molecule has 2 atom stereocenters. The van der Waals surface area contributed by atoms with Gasteiger partial charge in [-0.25, -0.2) is 9.18 Å². The Morgan fingerprint density at radius 3 is 2.74 bits per heavy atom. The van der Waals surface area contributed by atoms with E-state index in [4.69, 9.17) is 15.6 Å². The molecule has 0 radical (unpaired) electrons. The minimum absolute atomic E-state index is 0.0196. The molecule has 0 saturated heterocycles. The van der Waals surface area contributed by atoms with Crippen LogP contribution < -0.4 is 10.5 Å². The number of benzene rings is 1. The lowest BCUT2D eigenvalue weighted by atomic mass is 9.88. The zero-order chi connectivity index (χ0) is 14.0. The van der Waals surface area contributed by atoms with E-state index in [1.54, 1.807) is 0 Å². The molecule has 1 aromatic carbocycles. The highest BCUT2D eigenvalue weighted by Gasteiger charge is 2.24. The number of anilines is 1. The third kappa shape index (κ3) is 2.97. The second-order valence-corrected chi connectivity index (χ2v) is 5.09. The first-order valence-corrected chi connectivity index (χ1v) is 6.48. The Balaban J connectivity index is 2.21. The van der Waals surface area contributed by atoms with Crippen molar-refractivity contribution in [3.63, 3.8) is 0 Å². The van der Waals surface area contributed by atoms with Crippen molar-refractivity contribution in [3.05, 3.63) is 23.5 Å². The number of rotatable bonds is 3. The highest BCUT2D eigenvalue weighted by Crippen LogP contribution is 2.32. The van der Waals surface area contributed by atoms with Crippen molar-refractivity contribution in [2.24, 2.45) is 5.92 Å². The van der Waals surface area contributed by atoms with E-state index in [-0.39, 0.29) is 17.5 Å². The summed E-state index contributed by atoms with van der Waals surface area (Å²) in [5.74, 6) is -1.52. The van der Waals surface area contributed by atoms with Gasteiger partial charge in [-0.3, -0.25) is 0 Å². The third-order valence-electron chi connectivity index (χ3n) is 3.64. The number of ether oxygens (including phenoxy) is 1. The molecular formula is C14H18FNO3. The van der Waals surface area contributed by atoms with Crippen molar-refractivity contribution in [2.45, 2.75) is 38.7 Å². The van der Waals surface area contributed by atoms with Gasteiger partial charge in [0.05, 0.1) is 11.3 Å². The first-order valence-electron chi connectivity index (χ1n) is 6.48. The fourth-order valence-electron chi connectivity index (χ4n) is 2.46. The largest absolute Gasteiger partial charge is 0.488 e. The summed E-state index contributed by atoms with van der Waals surface area (Å²) in [6.07, 6.45) is 4.29. The van der Waals surface area contributed by atoms with Crippen molar-refractivity contribution in [3.8, 4) is 5.75 Å². The number of nitrogen functional groups attached to an aromatic ring is 1. The van der Waals surface area contributed by atoms with Crippen LogP contribution in [0, 0.1) is 11.7 Å². The standard InChI is InChI=1S/C14H18FNO3/c1-8-4-2-3-5-12(8)19-13-7-10(15)9(14(17)18)6-11(13)16/h6-8,12H,2-5,16H2,1H3,(H,17,18). The van der Waals surface area contributed by atoms with Gasteiger partial charge in [0.1, 0.15) is 17.7 Å². The van der Waals surface area contributed by atoms with E-state index < -0.39 is 17.3 Å². The zero-order valence-corrected chi connectivity index (χ0v) is 10.9. The average Bonchev–Trinajstić information content (AvgIpc) is 2.35. The lowest BCUT2D eigenvalue weighted by Crippen LogP contribution is -2.28. The van der Waals surface area contributed by atoms with Crippen LogP contribution in [0.1, 0.15) is 43.0 Å². The molecule has 0 heterocycles. The first-order chi connectivity index (χ1) is 8.99. The van der Waals surface area contributed by atoms with Crippen molar-refractivity contribution in [1.82, 2.24) is 0 Å². The summed E-state index contributed by atoms with van der Waals surface area (Å²) in [4.78, 5) is 10.8. The Hall–Kier alpha value is -1.78. The number of aromatic carboxylic acids is 1. The molecule has 0 amide bonds. The van der Waals surface area contributed by atoms with Gasteiger partial charge in [-0.1, -0.05) is 13.3 Å². The lowest BCUT2D eigenvalue weighted by Gasteiger charge is -2.29. The number of carboxylic acid groups (broad SMARTS) is 1. The van der Waals surface area contributed by atoms with E-state index in [2.05, 4.69) is 6.92 Å². The number of carbonyl (C=O) groups is 1. The van der Waals surface area contributed by atoms with E-state index in [9.17, 15) is 9.18 Å². The van der Waals surface area contributed by atoms with Gasteiger partial charge in [0, 0.05) is 6.07 Å². The predicted octanol–water partition coefficient (Wildman–Crippen LogP) is 3.06. The van der Waals surface area contributed by atoms with Crippen molar-refractivity contribution < 1.29 is 19.0 Å². The second-order valence-electron chi connectivity index (χ2n) is 5.09. The predicted molar refractivity (Wildman–Crippen MR) is 69.8 cm³/mol. The van der Waals surface area contributed by atoms with E-state index in [1.807, 2.05) is 0 Å². The quantitative estimate of drug-likeness (QED) is 0.825. The molecule has 0 aliphatic heterocycles. The molecule has 2 unspecified atom stereocenters. The first kappa shape index (κ1) is 13.6. The average molecular weight is 267 g/mol. The van der Waals surface area contributed by atoms with Crippen molar-refractivity contribution in [2.75, 3.05) is 5.73 Å². The molecule has 0 spiro atoms. The van der Waals surface area contributed by atoms with Gasteiger partial charge >= 0.3 is 5.97 Å². The van der Waals surface area contributed by atoms with Crippen LogP contribution in [0.25, 0.3) is 0 Å². The van der Waals surface area contributed by atoms with Gasteiger partial charge in [0.15, 0.2) is 0 Å². The highest BCUT2D eigenvalue weighted by atomic mass is 19.1. The molecule has 19 heavy (non-hydrogen) atoms. The molecule has 3 N–H and O–H groups in total. The monoisotopic (exact) mass is 267 g/mol. The van der Waals surface area contributed by atoms with E-state index >= 15 is 0 Å². The van der Waals surface area contributed by atoms with Crippen LogP contribution >= 0.6 is 0 Å². The van der Waals surface area contributed by atoms with Crippen LogP contribution in [-0.2, 0) is 0 Å². The fraction of sp³-hybridized carbons (Fsp3) is 0.500. The number of hydrogen-bond donors (Lipinski definition) is 2. The molecule has 0 aromatic heterocycles. The molecule has 1 saturated carbocycles. The van der Waals surface area contributed by atoms with Gasteiger partial charge in [0.2, 0.25) is 0 Å². The fourth-order valence-corrected chi connectivity index (χ4v) is 2.46. The Morgan fingerprint density at radius 1 is 1.42 bits per heavy atom. The molecule has 1 aromatic rings. The minimum atomic E-state index is -1.33. The Bertz CT molecular complexity index is 490. The summed E-state index contributed by atoms with van der Waals surface area (Å²) < 4.78 is 19.4. The zero-order valence-electron chi connectivity index (χ0n) is 10.9. The summed E-state index contributed by atoms with van der Waals surface area (Å²) in [6.45, 7) is 2.10. The molecule has 4 nitrogen and oxygen atoms in total. The second kappa shape index (κ2) is 5.47. The summed E-state index contributed by atoms with van der Waals surface area (Å²) >= 11 is 0. The topological polar surface area (TPSA) is 72.5 Å². The third-order valence-corrected chi connectivity index (χ3v) is 3.64. The van der Waals surface area contributed by atoms with Crippen molar-refractivity contribution >= 4 is 11.7 Å². The number of nitrogens with two attached hydrogens (primary N) is 1. The maximum Gasteiger partial charge on any atom is 0.338 e. The number of carboxylic acids is 1. The molecule has 1 fully saturated rings. The summed E-state index contributed by atoms with van der Waals surface area (Å²) in [5.41, 5.74) is 5.47. The Kier molecular flexibility index (Phi) is 3.93. The van der Waals surface area contributed by atoms with Gasteiger partial charge in [0.25, 0.3) is 0 Å². The van der Waals surface area contributed by atoms with E-state index in [1.165, 1.54) is 6.42 Å². The van der Waals surface area contributed by atoms with Crippen LogP contribution in [0.15, 0.2) is 12.1 Å². The molecule has 5 heteroatoms. The highest BCUT2D eigenvalue weighted by molar-refractivity contribution is 5.89. The van der Waals surface area contributed by atoms with Gasteiger partial charge in [-0.2, -0.15) is 0 Å². The van der Waals surface area contributed by atoms with Gasteiger partial charge in [-0.15, -0.1) is 0 Å². The smallest absolute Gasteiger partial charge is 0.338 e. The van der Waals surface area contributed by atoms with Crippen LogP contribution in [0.4, 0.5) is 10.1 Å². The van der Waals surface area contributed by atoms with Gasteiger partial charge < -0.3 is 15.6 Å². The Morgan fingerprint density at radius 2 is 2.11 bits per heavy atom. The van der Waals surface area contributed by atoms with Crippen LogP contribution in [0.5, 0.6) is 5.75 Å². The normalized spacial score (nSPS) is 23.1. The summed E-state index contributed by atoms with van der Waals surface area (Å²) in [7, 11) is 0. The maximum absolute atomic E-state index is 13.6. The Labute approximate surface area is 111 Å². The van der Waals surface area contributed by atoms with E-state index in [0.717, 1.165) is 31.4 Å². The number of halogens is 1. The van der Waals surface area contributed by atoms with Crippen LogP contribution in [-0.4, -0.2) is 17.2 Å². The van der Waals surface area contributed by atoms with Crippen LogP contribution in [0.3, 0.4) is 0 Å². The van der Waals surface area contributed by atoms with Crippen molar-refractivity contribution in [1.29, 1.82) is 0 Å². The molecule has 1 aliphatic carbocycles. The summed E-state index contributed by atoms with van der Waals surface area (Å²) in [6, 6.07) is 2.18. The van der Waals surface area contributed by atoms with Crippen LogP contribution in [0.2, 0.25) is 0 Å².